The normalized spacial score (nSPS) is 11.2. The van der Waals surface area contributed by atoms with E-state index in [2.05, 4.69) is 443 Å². The van der Waals surface area contributed by atoms with E-state index in [9.17, 15) is 0 Å². The van der Waals surface area contributed by atoms with Crippen LogP contribution in [0.1, 0.15) is 38.9 Å². The zero-order valence-electron chi connectivity index (χ0n) is 64.0. The number of aryl methyl sites for hydroxylation is 7. The lowest BCUT2D eigenvalue weighted by Gasteiger charge is -2.18. The third-order valence-electron chi connectivity index (χ3n) is 22.7. The molecule has 530 valence electrons. The van der Waals surface area contributed by atoms with E-state index in [-0.39, 0.29) is 0 Å². The van der Waals surface area contributed by atoms with Crippen LogP contribution in [0, 0.1) is 48.5 Å². The Kier molecular flexibility index (Phi) is 19.7. The van der Waals surface area contributed by atoms with Gasteiger partial charge in [-0.3, -0.25) is 0 Å². The van der Waals surface area contributed by atoms with E-state index >= 15 is 0 Å². The average molecular weight is 1420 g/mol. The topological polar surface area (TPSA) is 0 Å². The van der Waals surface area contributed by atoms with Gasteiger partial charge in [-0.25, -0.2) is 0 Å². The van der Waals surface area contributed by atoms with E-state index < -0.39 is 0 Å². The first-order valence-electron chi connectivity index (χ1n) is 38.8. The summed E-state index contributed by atoms with van der Waals surface area (Å²) < 4.78 is 0. The van der Waals surface area contributed by atoms with Crippen LogP contribution in [0.3, 0.4) is 0 Å². The first kappa shape index (κ1) is 70.5. The summed E-state index contributed by atoms with van der Waals surface area (Å²) in [7, 11) is 0. The van der Waals surface area contributed by atoms with E-state index in [1.165, 1.54) is 214 Å². The smallest absolute Gasteiger partial charge is 0.00204 e. The Morgan fingerprint density at radius 2 is 0.405 bits per heavy atom. The highest BCUT2D eigenvalue weighted by atomic mass is 14.2. The zero-order chi connectivity index (χ0) is 75.5. The summed E-state index contributed by atoms with van der Waals surface area (Å²) in [4.78, 5) is 0. The van der Waals surface area contributed by atoms with Crippen LogP contribution < -0.4 is 0 Å². The molecular formula is C111H86. The van der Waals surface area contributed by atoms with Crippen molar-refractivity contribution >= 4 is 86.2 Å². The lowest BCUT2D eigenvalue weighted by Crippen LogP contribution is -1.92. The molecule has 20 aromatic rings. The number of hydrogen-bond donors (Lipinski definition) is 0. The van der Waals surface area contributed by atoms with E-state index in [1.54, 1.807) is 0 Å². The van der Waals surface area contributed by atoms with Crippen LogP contribution in [-0.2, 0) is 0 Å². The van der Waals surface area contributed by atoms with Crippen LogP contribution >= 0.6 is 0 Å². The second-order valence-corrected chi connectivity index (χ2v) is 29.6. The minimum absolute atomic E-state index is 1.25. The second kappa shape index (κ2) is 31.0. The van der Waals surface area contributed by atoms with Crippen molar-refractivity contribution in [3.63, 3.8) is 0 Å². The zero-order valence-corrected chi connectivity index (χ0v) is 64.0. The van der Waals surface area contributed by atoms with Gasteiger partial charge in [0.05, 0.1) is 0 Å². The monoisotopic (exact) mass is 1420 g/mol. The van der Waals surface area contributed by atoms with E-state index in [0.717, 1.165) is 0 Å². The lowest BCUT2D eigenvalue weighted by molar-refractivity contribution is 1.46. The van der Waals surface area contributed by atoms with Crippen molar-refractivity contribution in [2.24, 2.45) is 0 Å². The molecule has 0 aliphatic heterocycles. The van der Waals surface area contributed by atoms with Gasteiger partial charge in [-0.2, -0.15) is 0 Å². The van der Waals surface area contributed by atoms with Crippen molar-refractivity contribution in [3.05, 3.63) is 433 Å². The minimum Gasteiger partial charge on any atom is -0.0620 e. The van der Waals surface area contributed by atoms with Gasteiger partial charge in [-0.05, 0) is 264 Å². The molecule has 111 heavy (non-hydrogen) atoms. The van der Waals surface area contributed by atoms with E-state index in [4.69, 9.17) is 0 Å². The fraction of sp³-hybridized carbons (Fsp3) is 0.0631. The van der Waals surface area contributed by atoms with Crippen molar-refractivity contribution in [2.45, 2.75) is 48.5 Å². The van der Waals surface area contributed by atoms with Crippen LogP contribution in [-0.4, -0.2) is 0 Å². The standard InChI is InChI=1S/3C28H22.C27H20/c1-19-9-7-10-21(17-19)22-11-8-12-23(18-22)28-26-15-5-3-13-24(26)20(2)25-14-4-6-16-27(25)28;1-19-11-13-21(14-12-19)22-15-17-23(18-16-22)28-26-9-5-3-7-24(26)20(2)25-8-4-6-10-27(25)28;1-19-11-3-4-12-21(19)24-15-7-10-18-27(24)28-25-16-8-5-13-22(25)20(2)23-14-6-9-17-26(23)28;1-19-10-2-5-13-22(19)25-16-8-9-17-26(25)27-23-14-6-3-11-20(23)18-21-12-4-7-15-24(21)27/h3*3-18H,1-2H3;2-18H,1H3. The third-order valence-corrected chi connectivity index (χ3v) is 22.7. The Morgan fingerprint density at radius 3 is 0.793 bits per heavy atom. The molecule has 0 fully saturated rings. The highest BCUT2D eigenvalue weighted by Gasteiger charge is 2.20. The summed E-state index contributed by atoms with van der Waals surface area (Å²) in [5.74, 6) is 0. The Hall–Kier alpha value is -13.5. The van der Waals surface area contributed by atoms with Crippen molar-refractivity contribution in [1.82, 2.24) is 0 Å². The fourth-order valence-electron chi connectivity index (χ4n) is 17.1. The predicted octanol–water partition coefficient (Wildman–Crippen LogP) is 31.5. The second-order valence-electron chi connectivity index (χ2n) is 29.6. The van der Waals surface area contributed by atoms with Gasteiger partial charge >= 0.3 is 0 Å². The fourth-order valence-corrected chi connectivity index (χ4v) is 17.1. The molecule has 0 radical (unpaired) electrons. The maximum atomic E-state index is 2.33. The van der Waals surface area contributed by atoms with E-state index in [1.807, 2.05) is 0 Å². The SMILES string of the molecule is Cc1ccc(-c2ccc(-c3c4ccccc4c(C)c4ccccc34)cc2)cc1.Cc1cccc(-c2cccc(-c3c4ccccc4c(C)c4ccccc34)c2)c1.Cc1ccccc1-c1ccccc1-c1c2ccccc2c(C)c2ccccc12.Cc1ccccc1-c1ccccc1-c1c2ccccc2cc2ccccc12. The Bertz CT molecular complexity index is 6660. The van der Waals surface area contributed by atoms with Crippen molar-refractivity contribution in [1.29, 1.82) is 0 Å². The highest BCUT2D eigenvalue weighted by Crippen LogP contribution is 2.47. The lowest BCUT2D eigenvalue weighted by atomic mass is 9.85. The van der Waals surface area contributed by atoms with Crippen LogP contribution in [0.2, 0.25) is 0 Å². The van der Waals surface area contributed by atoms with Gasteiger partial charge in [0.1, 0.15) is 0 Å². The number of hydrogen-bond acceptors (Lipinski definition) is 0. The maximum absolute atomic E-state index is 2.33. The molecule has 0 nitrogen and oxygen atoms in total. The van der Waals surface area contributed by atoms with Crippen LogP contribution in [0.4, 0.5) is 0 Å². The number of fused-ring (bicyclic) bond motifs is 8. The largest absolute Gasteiger partial charge is 0.0620 e. The summed E-state index contributed by atoms with van der Waals surface area (Å²) >= 11 is 0. The molecular weight excluding hydrogens is 1330 g/mol. The third kappa shape index (κ3) is 13.7. The molecule has 0 aliphatic carbocycles. The average Bonchev–Trinajstić information content (AvgIpc) is 0.750. The molecule has 0 amide bonds. The predicted molar refractivity (Wildman–Crippen MR) is 482 cm³/mol. The Labute approximate surface area is 652 Å². The summed E-state index contributed by atoms with van der Waals surface area (Å²) in [6.45, 7) is 15.4. The number of benzene rings is 20. The summed E-state index contributed by atoms with van der Waals surface area (Å²) in [5, 5.41) is 21.1. The molecule has 0 aliphatic rings. The van der Waals surface area contributed by atoms with E-state index in [0.29, 0.717) is 0 Å². The molecule has 0 atom stereocenters. The molecule has 0 N–H and O–H groups in total. The first-order chi connectivity index (χ1) is 54.5. The molecule has 0 heteroatoms. The maximum Gasteiger partial charge on any atom is -0.00204 e. The van der Waals surface area contributed by atoms with Gasteiger partial charge in [0.25, 0.3) is 0 Å². The Balaban J connectivity index is 0.000000108. The molecule has 20 aromatic carbocycles. The van der Waals surface area contributed by atoms with Crippen molar-refractivity contribution < 1.29 is 0 Å². The minimum atomic E-state index is 1.25. The molecule has 0 heterocycles. The number of rotatable bonds is 8. The van der Waals surface area contributed by atoms with Gasteiger partial charge in [-0.1, -0.05) is 393 Å². The highest BCUT2D eigenvalue weighted by molar-refractivity contribution is 6.19. The Morgan fingerprint density at radius 1 is 0.135 bits per heavy atom. The van der Waals surface area contributed by atoms with Crippen LogP contribution in [0.5, 0.6) is 0 Å². The van der Waals surface area contributed by atoms with Crippen LogP contribution in [0.15, 0.2) is 394 Å². The van der Waals surface area contributed by atoms with Gasteiger partial charge in [0.15, 0.2) is 0 Å². The van der Waals surface area contributed by atoms with Crippen molar-refractivity contribution in [3.8, 4) is 89.0 Å². The van der Waals surface area contributed by atoms with Gasteiger partial charge in [0.2, 0.25) is 0 Å². The molecule has 0 spiro atoms. The quantitative estimate of drug-likeness (QED) is 0.133. The van der Waals surface area contributed by atoms with Gasteiger partial charge in [0, 0.05) is 0 Å². The first-order valence-corrected chi connectivity index (χ1v) is 38.8. The molecule has 0 unspecified atom stereocenters. The molecule has 0 bridgehead atoms. The summed E-state index contributed by atoms with van der Waals surface area (Å²) in [5.41, 5.74) is 29.9. The summed E-state index contributed by atoms with van der Waals surface area (Å²) in [6.07, 6.45) is 0. The van der Waals surface area contributed by atoms with Gasteiger partial charge in [-0.15, -0.1) is 0 Å². The molecule has 0 saturated heterocycles. The molecule has 0 saturated carbocycles. The molecule has 20 rings (SSSR count). The van der Waals surface area contributed by atoms with Gasteiger partial charge < -0.3 is 0 Å². The van der Waals surface area contributed by atoms with Crippen LogP contribution in [0.25, 0.3) is 175 Å². The van der Waals surface area contributed by atoms with Crippen molar-refractivity contribution in [2.75, 3.05) is 0 Å². The molecule has 0 aromatic heterocycles. The summed E-state index contributed by atoms with van der Waals surface area (Å²) in [6, 6.07) is 143.